The van der Waals surface area contributed by atoms with E-state index in [4.69, 9.17) is 4.74 Å². The molecule has 0 saturated carbocycles. The van der Waals surface area contributed by atoms with Gasteiger partial charge in [-0.15, -0.1) is 11.3 Å². The van der Waals surface area contributed by atoms with Crippen molar-refractivity contribution in [1.82, 2.24) is 4.98 Å². The highest BCUT2D eigenvalue weighted by Crippen LogP contribution is 2.31. The minimum absolute atomic E-state index is 0.124. The Balaban J connectivity index is 1.76. The van der Waals surface area contributed by atoms with E-state index < -0.39 is 5.82 Å². The molecule has 0 bridgehead atoms. The van der Waals surface area contributed by atoms with Gasteiger partial charge in [0, 0.05) is 18.4 Å². The van der Waals surface area contributed by atoms with Crippen LogP contribution in [0, 0.1) is 5.82 Å². The predicted molar refractivity (Wildman–Crippen MR) is 112 cm³/mol. The summed E-state index contributed by atoms with van der Waals surface area (Å²) in [6.45, 7) is 1.34. The third-order valence-electron chi connectivity index (χ3n) is 3.88. The van der Waals surface area contributed by atoms with Crippen LogP contribution in [0.1, 0.15) is 12.6 Å². The van der Waals surface area contributed by atoms with E-state index in [0.29, 0.717) is 22.3 Å². The number of amides is 2. The van der Waals surface area contributed by atoms with Gasteiger partial charge in [-0.1, -0.05) is 24.3 Å². The van der Waals surface area contributed by atoms with E-state index in [1.807, 2.05) is 0 Å². The Hall–Kier alpha value is -3.52. The van der Waals surface area contributed by atoms with Crippen LogP contribution in [-0.2, 0) is 9.59 Å². The average Bonchev–Trinajstić information content (AvgIpc) is 3.17. The summed E-state index contributed by atoms with van der Waals surface area (Å²) in [5, 5.41) is 4.72. The summed E-state index contributed by atoms with van der Waals surface area (Å²) in [5.74, 6) is -0.700. The largest absolute Gasteiger partial charge is 0.495 e. The normalized spacial score (nSPS) is 10.7. The number of aromatic nitrogens is 1. The van der Waals surface area contributed by atoms with E-state index in [0.717, 1.165) is 0 Å². The number of carbonyl (C=O) groups is 2. The Kier molecular flexibility index (Phi) is 6.36. The van der Waals surface area contributed by atoms with E-state index in [9.17, 15) is 14.0 Å². The molecule has 6 nitrogen and oxygen atoms in total. The number of hydrogen-bond acceptors (Lipinski definition) is 5. The van der Waals surface area contributed by atoms with Gasteiger partial charge >= 0.3 is 0 Å². The molecule has 0 atom stereocenters. The topological polar surface area (TPSA) is 71.5 Å². The molecule has 2 amide bonds. The number of halogens is 1. The molecule has 0 aliphatic heterocycles. The van der Waals surface area contributed by atoms with Crippen molar-refractivity contribution in [3.63, 3.8) is 0 Å². The second-order valence-electron chi connectivity index (χ2n) is 5.88. The number of methoxy groups -OCH3 is 1. The van der Waals surface area contributed by atoms with Gasteiger partial charge in [0.1, 0.15) is 11.6 Å². The number of rotatable bonds is 6. The highest BCUT2D eigenvalue weighted by molar-refractivity contribution is 7.14. The third-order valence-corrected chi connectivity index (χ3v) is 4.72. The molecule has 0 unspecified atom stereocenters. The van der Waals surface area contributed by atoms with Gasteiger partial charge in [-0.3, -0.25) is 14.5 Å². The van der Waals surface area contributed by atoms with Crippen molar-refractivity contribution in [2.45, 2.75) is 6.92 Å². The fourth-order valence-corrected chi connectivity index (χ4v) is 3.43. The molecule has 3 rings (SSSR count). The van der Waals surface area contributed by atoms with Crippen LogP contribution in [0.5, 0.6) is 5.75 Å². The summed E-state index contributed by atoms with van der Waals surface area (Å²) in [6, 6.07) is 13.0. The van der Waals surface area contributed by atoms with E-state index in [-0.39, 0.29) is 17.5 Å². The highest BCUT2D eigenvalue weighted by atomic mass is 32.1. The molecule has 0 aliphatic carbocycles. The van der Waals surface area contributed by atoms with E-state index in [2.05, 4.69) is 10.3 Å². The van der Waals surface area contributed by atoms with Crippen molar-refractivity contribution in [2.24, 2.45) is 0 Å². The van der Waals surface area contributed by atoms with Crippen LogP contribution in [-0.4, -0.2) is 23.9 Å². The van der Waals surface area contributed by atoms with Gasteiger partial charge in [-0.25, -0.2) is 9.37 Å². The number of carbonyl (C=O) groups excluding carboxylic acids is 2. The molecule has 2 aromatic carbocycles. The molecule has 29 heavy (non-hydrogen) atoms. The molecule has 1 N–H and O–H groups in total. The smallest absolute Gasteiger partial charge is 0.248 e. The number of hydrogen-bond donors (Lipinski definition) is 1. The van der Waals surface area contributed by atoms with E-state index >= 15 is 0 Å². The Bertz CT molecular complexity index is 1060. The van der Waals surface area contributed by atoms with Gasteiger partial charge in [0.15, 0.2) is 5.13 Å². The number of nitrogens with zero attached hydrogens (tertiary/aromatic N) is 2. The molecule has 0 aliphatic rings. The van der Waals surface area contributed by atoms with Crippen molar-refractivity contribution in [3.8, 4) is 5.75 Å². The first-order valence-electron chi connectivity index (χ1n) is 8.62. The average molecular weight is 411 g/mol. The molecular weight excluding hydrogens is 393 g/mol. The van der Waals surface area contributed by atoms with Crippen LogP contribution in [0.2, 0.25) is 0 Å². The molecule has 1 heterocycles. The second-order valence-corrected chi connectivity index (χ2v) is 6.72. The number of nitrogens with one attached hydrogen (secondary N) is 1. The molecule has 0 fully saturated rings. The highest BCUT2D eigenvalue weighted by Gasteiger charge is 2.20. The van der Waals surface area contributed by atoms with Crippen molar-refractivity contribution in [2.75, 3.05) is 17.3 Å². The summed E-state index contributed by atoms with van der Waals surface area (Å²) < 4.78 is 19.3. The monoisotopic (exact) mass is 411 g/mol. The molecule has 0 saturated heterocycles. The van der Waals surface area contributed by atoms with Crippen molar-refractivity contribution in [1.29, 1.82) is 0 Å². The van der Waals surface area contributed by atoms with Gasteiger partial charge in [0.05, 0.1) is 24.2 Å². The SMILES string of the molecule is COc1ccccc1NC(=O)/C=C/c1csc(N(C(C)=O)c2ccccc2F)n1. The van der Waals surface area contributed by atoms with Crippen molar-refractivity contribution in [3.05, 3.63) is 71.5 Å². The first kappa shape index (κ1) is 20.2. The van der Waals surface area contributed by atoms with Crippen molar-refractivity contribution >= 4 is 45.7 Å². The van der Waals surface area contributed by atoms with Crippen molar-refractivity contribution < 1.29 is 18.7 Å². The molecule has 0 spiro atoms. The van der Waals surface area contributed by atoms with Crippen LogP contribution in [0.25, 0.3) is 6.08 Å². The van der Waals surface area contributed by atoms with E-state index in [1.54, 1.807) is 41.8 Å². The molecule has 3 aromatic rings. The maximum absolute atomic E-state index is 14.1. The molecule has 1 aromatic heterocycles. The van der Waals surface area contributed by atoms with E-state index in [1.165, 1.54) is 54.6 Å². The zero-order chi connectivity index (χ0) is 20.8. The lowest BCUT2D eigenvalue weighted by atomic mass is 10.3. The van der Waals surface area contributed by atoms with Gasteiger partial charge in [-0.05, 0) is 30.3 Å². The van der Waals surface area contributed by atoms with Gasteiger partial charge in [-0.2, -0.15) is 0 Å². The van der Waals surface area contributed by atoms with Gasteiger partial charge in [0.2, 0.25) is 11.8 Å². The Morgan fingerprint density at radius 2 is 1.90 bits per heavy atom. The zero-order valence-corrected chi connectivity index (χ0v) is 16.6. The predicted octanol–water partition coefficient (Wildman–Crippen LogP) is 4.63. The fraction of sp³-hybridized carbons (Fsp3) is 0.0952. The lowest BCUT2D eigenvalue weighted by Gasteiger charge is -2.18. The summed E-state index contributed by atoms with van der Waals surface area (Å²) in [4.78, 5) is 29.8. The number of thiazole rings is 1. The van der Waals surface area contributed by atoms with Crippen LogP contribution in [0.3, 0.4) is 0 Å². The van der Waals surface area contributed by atoms with Gasteiger partial charge in [0.25, 0.3) is 0 Å². The first-order valence-corrected chi connectivity index (χ1v) is 9.50. The first-order chi connectivity index (χ1) is 14.0. The number of anilines is 3. The third kappa shape index (κ3) is 4.85. The van der Waals surface area contributed by atoms with Crippen LogP contribution in [0.15, 0.2) is 60.0 Å². The number of para-hydroxylation sites is 3. The number of benzene rings is 2. The van der Waals surface area contributed by atoms with Crippen LogP contribution >= 0.6 is 11.3 Å². The standard InChI is InChI=1S/C21H18FN3O3S/c1-14(26)25(18-9-5-3-7-16(18)22)21-23-15(13-29-21)11-12-20(27)24-17-8-4-6-10-19(17)28-2/h3-13H,1-2H3,(H,24,27)/b12-11+. The molecular formula is C21H18FN3O3S. The maximum atomic E-state index is 14.1. The number of ether oxygens (including phenoxy) is 1. The lowest BCUT2D eigenvalue weighted by molar-refractivity contribution is -0.116. The Morgan fingerprint density at radius 3 is 2.62 bits per heavy atom. The molecule has 0 radical (unpaired) electrons. The maximum Gasteiger partial charge on any atom is 0.248 e. The summed E-state index contributed by atoms with van der Waals surface area (Å²) in [7, 11) is 1.52. The van der Waals surface area contributed by atoms with Gasteiger partial charge < -0.3 is 10.1 Å². The molecule has 8 heteroatoms. The summed E-state index contributed by atoms with van der Waals surface area (Å²) >= 11 is 1.18. The van der Waals surface area contributed by atoms with Crippen LogP contribution in [0.4, 0.5) is 20.9 Å². The molecule has 148 valence electrons. The minimum atomic E-state index is -0.522. The zero-order valence-electron chi connectivity index (χ0n) is 15.8. The summed E-state index contributed by atoms with van der Waals surface area (Å²) in [6.07, 6.45) is 2.84. The summed E-state index contributed by atoms with van der Waals surface area (Å²) in [5.41, 5.74) is 1.15. The fourth-order valence-electron chi connectivity index (χ4n) is 2.58. The van der Waals surface area contributed by atoms with Crippen LogP contribution < -0.4 is 15.0 Å². The Morgan fingerprint density at radius 1 is 1.17 bits per heavy atom. The second kappa shape index (κ2) is 9.11. The Labute approximate surface area is 171 Å². The minimum Gasteiger partial charge on any atom is -0.495 e. The lowest BCUT2D eigenvalue weighted by Crippen LogP contribution is -2.23. The quantitative estimate of drug-likeness (QED) is 0.601.